The summed E-state index contributed by atoms with van der Waals surface area (Å²) >= 11 is 2.92. The Bertz CT molecular complexity index is 999. The van der Waals surface area contributed by atoms with Crippen LogP contribution in [0.4, 0.5) is 4.39 Å². The fraction of sp³-hybridized carbons (Fsp3) is 0.238. The van der Waals surface area contributed by atoms with Crippen LogP contribution in [0, 0.1) is 17.1 Å². The number of allylic oxidation sites excluding steroid dienone is 1. The number of nitriles is 1. The van der Waals surface area contributed by atoms with Crippen LogP contribution in [0.2, 0.25) is 0 Å². The van der Waals surface area contributed by atoms with Crippen molar-refractivity contribution in [3.63, 3.8) is 0 Å². The van der Waals surface area contributed by atoms with Gasteiger partial charge in [-0.05, 0) is 36.1 Å². The molecule has 0 unspecified atom stereocenters. The molecule has 1 N–H and O–H groups in total. The maximum atomic E-state index is 13.3. The van der Waals surface area contributed by atoms with Crippen molar-refractivity contribution in [1.82, 2.24) is 4.90 Å². The van der Waals surface area contributed by atoms with E-state index in [1.807, 2.05) is 30.5 Å². The third-order valence-electron chi connectivity index (χ3n) is 5.14. The molecule has 0 saturated carbocycles. The average molecular weight is 413 g/mol. The number of nitrogens with zero attached hydrogens (tertiary/aromatic N) is 2. The second-order valence-electron chi connectivity index (χ2n) is 6.70. The number of carbonyl (C=O) groups is 1. The number of benzene rings is 2. The first-order valence-corrected chi connectivity index (χ1v) is 10.9. The SMILES string of the molecule is CSc1ccc([C@H]2CC(=O)N3C(=C2C#N)SC[C@]3(O)c2ccc(F)cc2)cc1. The van der Waals surface area contributed by atoms with E-state index in [1.54, 1.807) is 11.8 Å². The van der Waals surface area contributed by atoms with Crippen LogP contribution in [-0.2, 0) is 10.5 Å². The van der Waals surface area contributed by atoms with E-state index in [4.69, 9.17) is 0 Å². The van der Waals surface area contributed by atoms with Gasteiger partial charge in [-0.3, -0.25) is 9.69 Å². The number of hydrogen-bond acceptors (Lipinski definition) is 5. The normalized spacial score (nSPS) is 24.3. The van der Waals surface area contributed by atoms with E-state index in [0.29, 0.717) is 16.2 Å². The van der Waals surface area contributed by atoms with Gasteiger partial charge in [0.05, 0.1) is 22.4 Å². The molecule has 0 bridgehead atoms. The van der Waals surface area contributed by atoms with Crippen LogP contribution < -0.4 is 0 Å². The molecule has 2 aliphatic rings. The highest BCUT2D eigenvalue weighted by Crippen LogP contribution is 2.51. The highest BCUT2D eigenvalue weighted by Gasteiger charge is 2.51. The molecule has 0 spiro atoms. The van der Waals surface area contributed by atoms with Crippen molar-refractivity contribution in [3.8, 4) is 6.07 Å². The molecule has 2 aromatic carbocycles. The Labute approximate surface area is 171 Å². The molecule has 1 amide bonds. The predicted molar refractivity (Wildman–Crippen MR) is 108 cm³/mol. The Morgan fingerprint density at radius 3 is 2.54 bits per heavy atom. The molecular weight excluding hydrogens is 395 g/mol. The Morgan fingerprint density at radius 1 is 1.25 bits per heavy atom. The maximum Gasteiger partial charge on any atom is 0.231 e. The molecule has 142 valence electrons. The second kappa shape index (κ2) is 7.28. The minimum absolute atomic E-state index is 0.106. The van der Waals surface area contributed by atoms with Crippen LogP contribution in [0.15, 0.2) is 64.0 Å². The Morgan fingerprint density at radius 2 is 1.93 bits per heavy atom. The van der Waals surface area contributed by atoms with Crippen molar-refractivity contribution in [3.05, 3.63) is 76.1 Å². The van der Waals surface area contributed by atoms with Gasteiger partial charge in [0.1, 0.15) is 5.82 Å². The lowest BCUT2D eigenvalue weighted by molar-refractivity contribution is -0.149. The van der Waals surface area contributed by atoms with Crippen molar-refractivity contribution >= 4 is 29.4 Å². The van der Waals surface area contributed by atoms with Crippen molar-refractivity contribution < 1.29 is 14.3 Å². The van der Waals surface area contributed by atoms with E-state index in [1.165, 1.54) is 40.9 Å². The highest BCUT2D eigenvalue weighted by atomic mass is 32.2. The minimum atomic E-state index is -1.58. The summed E-state index contributed by atoms with van der Waals surface area (Å²) in [5.74, 6) is -0.791. The second-order valence-corrected chi connectivity index (χ2v) is 8.55. The zero-order chi connectivity index (χ0) is 19.9. The van der Waals surface area contributed by atoms with Crippen LogP contribution >= 0.6 is 23.5 Å². The van der Waals surface area contributed by atoms with Gasteiger partial charge in [0.2, 0.25) is 5.91 Å². The summed E-state index contributed by atoms with van der Waals surface area (Å²) < 4.78 is 13.3. The van der Waals surface area contributed by atoms with Crippen LogP contribution in [-0.4, -0.2) is 27.9 Å². The van der Waals surface area contributed by atoms with Crippen molar-refractivity contribution in [1.29, 1.82) is 5.26 Å². The molecule has 0 aromatic heterocycles. The number of aliphatic hydroxyl groups is 1. The summed E-state index contributed by atoms with van der Waals surface area (Å²) in [6, 6.07) is 15.6. The van der Waals surface area contributed by atoms with Crippen LogP contribution in [0.5, 0.6) is 0 Å². The van der Waals surface area contributed by atoms with Gasteiger partial charge in [0, 0.05) is 22.8 Å². The van der Waals surface area contributed by atoms with Gasteiger partial charge in [-0.15, -0.1) is 23.5 Å². The zero-order valence-electron chi connectivity index (χ0n) is 15.1. The lowest BCUT2D eigenvalue weighted by Crippen LogP contribution is -2.48. The lowest BCUT2D eigenvalue weighted by Gasteiger charge is -2.38. The standard InChI is InChI=1S/C21H17FN2O2S2/c1-27-16-8-2-13(3-9-16)17-10-19(25)24-20(18(17)11-23)28-12-21(24,26)14-4-6-15(22)7-5-14/h2-9,17,26H,10,12H2,1H3/t17-,21+/m1/s1. The fourth-order valence-corrected chi connectivity index (χ4v) is 5.44. The molecular formula is C21H17FN2O2S2. The number of fused-ring (bicyclic) bond motifs is 1. The Balaban J connectivity index is 1.77. The maximum absolute atomic E-state index is 13.3. The van der Waals surface area contributed by atoms with E-state index >= 15 is 0 Å². The minimum Gasteiger partial charge on any atom is -0.366 e. The summed E-state index contributed by atoms with van der Waals surface area (Å²) in [6.07, 6.45) is 2.10. The number of hydrogen-bond donors (Lipinski definition) is 1. The van der Waals surface area contributed by atoms with Gasteiger partial charge < -0.3 is 5.11 Å². The molecule has 0 aliphatic carbocycles. The zero-order valence-corrected chi connectivity index (χ0v) is 16.7. The third-order valence-corrected chi connectivity index (χ3v) is 7.10. The van der Waals surface area contributed by atoms with E-state index in [-0.39, 0.29) is 24.0 Å². The van der Waals surface area contributed by atoms with Gasteiger partial charge in [0.25, 0.3) is 0 Å². The smallest absolute Gasteiger partial charge is 0.231 e. The van der Waals surface area contributed by atoms with E-state index in [0.717, 1.165) is 10.5 Å². The Kier molecular flexibility index (Phi) is 4.96. The molecule has 28 heavy (non-hydrogen) atoms. The first-order valence-electron chi connectivity index (χ1n) is 8.70. The van der Waals surface area contributed by atoms with Gasteiger partial charge in [-0.25, -0.2) is 4.39 Å². The van der Waals surface area contributed by atoms with Crippen LogP contribution in [0.25, 0.3) is 0 Å². The summed E-state index contributed by atoms with van der Waals surface area (Å²) in [7, 11) is 0. The van der Waals surface area contributed by atoms with Gasteiger partial charge >= 0.3 is 0 Å². The van der Waals surface area contributed by atoms with E-state index < -0.39 is 11.5 Å². The molecule has 7 heteroatoms. The summed E-state index contributed by atoms with van der Waals surface area (Å²) in [5.41, 5.74) is 0.248. The van der Waals surface area contributed by atoms with Crippen molar-refractivity contribution in [2.24, 2.45) is 0 Å². The average Bonchev–Trinajstić information content (AvgIpc) is 3.07. The van der Waals surface area contributed by atoms with Gasteiger partial charge in [-0.1, -0.05) is 24.3 Å². The van der Waals surface area contributed by atoms with Crippen molar-refractivity contribution in [2.75, 3.05) is 12.0 Å². The summed E-state index contributed by atoms with van der Waals surface area (Å²) in [5, 5.41) is 21.6. The molecule has 4 rings (SSSR count). The van der Waals surface area contributed by atoms with Crippen LogP contribution in [0.1, 0.15) is 23.5 Å². The largest absolute Gasteiger partial charge is 0.366 e. The quantitative estimate of drug-likeness (QED) is 0.766. The highest BCUT2D eigenvalue weighted by molar-refractivity contribution is 8.03. The van der Waals surface area contributed by atoms with Crippen LogP contribution in [0.3, 0.4) is 0 Å². The summed E-state index contributed by atoms with van der Waals surface area (Å²) in [4.78, 5) is 15.5. The van der Waals surface area contributed by atoms with Gasteiger partial charge in [-0.2, -0.15) is 5.26 Å². The first-order chi connectivity index (χ1) is 13.5. The molecule has 4 nitrogen and oxygen atoms in total. The lowest BCUT2D eigenvalue weighted by atomic mass is 9.85. The topological polar surface area (TPSA) is 64.3 Å². The molecule has 1 fully saturated rings. The first kappa shape index (κ1) is 19.1. The third kappa shape index (κ3) is 3.02. The predicted octanol–water partition coefficient (Wildman–Crippen LogP) is 4.19. The van der Waals surface area contributed by atoms with Crippen molar-refractivity contribution in [2.45, 2.75) is 23.0 Å². The van der Waals surface area contributed by atoms with Gasteiger partial charge in [0.15, 0.2) is 5.72 Å². The number of rotatable bonds is 3. The molecule has 0 radical (unpaired) electrons. The molecule has 1 saturated heterocycles. The summed E-state index contributed by atoms with van der Waals surface area (Å²) in [6.45, 7) is 0. The number of thioether (sulfide) groups is 2. The molecule has 2 aliphatic heterocycles. The van der Waals surface area contributed by atoms with E-state index in [9.17, 15) is 19.6 Å². The monoisotopic (exact) mass is 412 g/mol. The fourth-order valence-electron chi connectivity index (χ4n) is 3.68. The Hall–Kier alpha value is -2.27. The molecule has 2 heterocycles. The molecule has 2 atom stereocenters. The number of halogens is 1. The molecule has 2 aromatic rings. The number of amides is 1. The van der Waals surface area contributed by atoms with E-state index in [2.05, 4.69) is 6.07 Å². The number of carbonyl (C=O) groups excluding carboxylic acids is 1.